The number of H-pyrrole nitrogens is 1. The number of carbonyl (C=O) groups is 1. The number of aryl methyl sites for hydroxylation is 1. The molecule has 1 aliphatic heterocycles. The first-order valence-electron chi connectivity index (χ1n) is 9.96. The van der Waals surface area contributed by atoms with Gasteiger partial charge >= 0.3 is 0 Å². The maximum atomic E-state index is 13.1. The van der Waals surface area contributed by atoms with E-state index in [2.05, 4.69) is 22.2 Å². The molecule has 1 atom stereocenters. The van der Waals surface area contributed by atoms with Crippen LogP contribution >= 0.6 is 0 Å². The molecule has 2 aromatic heterocycles. The van der Waals surface area contributed by atoms with E-state index < -0.39 is 6.35 Å². The molecule has 1 aromatic carbocycles. The lowest BCUT2D eigenvalue weighted by Crippen LogP contribution is -2.54. The number of nitrogens with zero attached hydrogens (tertiary/aromatic N) is 4. The van der Waals surface area contributed by atoms with Crippen molar-refractivity contribution in [3.05, 3.63) is 47.9 Å². The molecule has 1 fully saturated rings. The number of nitrogens with one attached hydrogen (secondary N) is 1. The highest BCUT2D eigenvalue weighted by Gasteiger charge is 2.38. The van der Waals surface area contributed by atoms with E-state index in [0.717, 1.165) is 24.9 Å². The minimum absolute atomic E-state index is 0.127. The minimum atomic E-state index is -0.957. The average molecular weight is 379 g/mol. The first-order valence-corrected chi connectivity index (χ1v) is 9.96. The number of fused-ring (bicyclic) bond motifs is 2. The monoisotopic (exact) mass is 379 g/mol. The zero-order valence-electron chi connectivity index (χ0n) is 16.0. The Morgan fingerprint density at radius 3 is 2.93 bits per heavy atom. The van der Waals surface area contributed by atoms with Gasteiger partial charge in [0.1, 0.15) is 5.69 Å². The Morgan fingerprint density at radius 2 is 2.11 bits per heavy atom. The molecule has 2 aliphatic rings. The molecule has 2 N–H and O–H groups in total. The minimum Gasteiger partial charge on any atom is -0.361 e. The standard InChI is InChI=1S/C21H25N5O2/c1-24-18-12-23-26(13-14-8-9-14)19(18)20(27)25(21(24)28)10-4-5-15-11-22-17-7-3-2-6-16(15)17/h2-3,6-7,11-12,14,21-22,28H,4-5,8-10,13H2,1H3. The predicted molar refractivity (Wildman–Crippen MR) is 107 cm³/mol. The van der Waals surface area contributed by atoms with Crippen LogP contribution in [0.5, 0.6) is 0 Å². The van der Waals surface area contributed by atoms with E-state index in [1.165, 1.54) is 23.8 Å². The molecule has 3 heterocycles. The largest absolute Gasteiger partial charge is 0.361 e. The second-order valence-electron chi connectivity index (χ2n) is 7.92. The maximum absolute atomic E-state index is 13.1. The molecule has 1 unspecified atom stereocenters. The van der Waals surface area contributed by atoms with Crippen LogP contribution in [-0.4, -0.2) is 50.6 Å². The number of rotatable bonds is 6. The fourth-order valence-corrected chi connectivity index (χ4v) is 4.11. The number of amides is 1. The van der Waals surface area contributed by atoms with Crippen LogP contribution in [0.15, 0.2) is 36.7 Å². The molecule has 1 saturated carbocycles. The molecule has 146 valence electrons. The zero-order valence-corrected chi connectivity index (χ0v) is 16.0. The van der Waals surface area contributed by atoms with E-state index in [9.17, 15) is 9.90 Å². The van der Waals surface area contributed by atoms with Gasteiger partial charge in [0.05, 0.1) is 11.9 Å². The van der Waals surface area contributed by atoms with Gasteiger partial charge in [0, 0.05) is 37.2 Å². The van der Waals surface area contributed by atoms with Gasteiger partial charge in [0.2, 0.25) is 6.35 Å². The lowest BCUT2D eigenvalue weighted by Gasteiger charge is -2.39. The number of hydrogen-bond acceptors (Lipinski definition) is 4. The lowest BCUT2D eigenvalue weighted by molar-refractivity contribution is 0.00294. The molecule has 0 bridgehead atoms. The second-order valence-corrected chi connectivity index (χ2v) is 7.92. The molecule has 0 radical (unpaired) electrons. The topological polar surface area (TPSA) is 77.4 Å². The van der Waals surface area contributed by atoms with E-state index >= 15 is 0 Å². The van der Waals surface area contributed by atoms with Crippen LogP contribution in [0.1, 0.15) is 35.3 Å². The van der Waals surface area contributed by atoms with Crippen molar-refractivity contribution in [1.82, 2.24) is 19.7 Å². The number of aliphatic hydroxyl groups excluding tert-OH is 1. The first-order chi connectivity index (χ1) is 13.6. The number of aromatic nitrogens is 3. The zero-order chi connectivity index (χ0) is 19.3. The summed E-state index contributed by atoms with van der Waals surface area (Å²) in [5.41, 5.74) is 3.68. The fraction of sp³-hybridized carbons (Fsp3) is 0.429. The molecule has 7 heteroatoms. The summed E-state index contributed by atoms with van der Waals surface area (Å²) < 4.78 is 1.82. The van der Waals surface area contributed by atoms with Crippen LogP contribution in [0, 0.1) is 5.92 Å². The Hall–Kier alpha value is -2.80. The van der Waals surface area contributed by atoms with Gasteiger partial charge in [0.25, 0.3) is 5.91 Å². The summed E-state index contributed by atoms with van der Waals surface area (Å²) >= 11 is 0. The van der Waals surface area contributed by atoms with E-state index in [4.69, 9.17) is 0 Å². The summed E-state index contributed by atoms with van der Waals surface area (Å²) in [4.78, 5) is 19.7. The van der Waals surface area contributed by atoms with Crippen molar-refractivity contribution in [2.24, 2.45) is 5.92 Å². The molecular formula is C21H25N5O2. The number of hydrogen-bond donors (Lipinski definition) is 2. The van der Waals surface area contributed by atoms with Crippen LogP contribution in [0.4, 0.5) is 5.69 Å². The summed E-state index contributed by atoms with van der Waals surface area (Å²) in [7, 11) is 1.81. The number of anilines is 1. The van der Waals surface area contributed by atoms with Gasteiger partial charge in [-0.05, 0) is 43.2 Å². The number of carbonyl (C=O) groups excluding carboxylic acids is 1. The highest BCUT2D eigenvalue weighted by molar-refractivity contribution is 6.00. The summed E-state index contributed by atoms with van der Waals surface area (Å²) in [6.07, 6.45) is 6.81. The summed E-state index contributed by atoms with van der Waals surface area (Å²) in [5, 5.41) is 16.3. The van der Waals surface area contributed by atoms with E-state index in [1.807, 2.05) is 30.1 Å². The van der Waals surface area contributed by atoms with Crippen LogP contribution in [0.2, 0.25) is 0 Å². The van der Waals surface area contributed by atoms with Crippen molar-refractivity contribution in [2.75, 3.05) is 18.5 Å². The van der Waals surface area contributed by atoms with Gasteiger partial charge in [-0.1, -0.05) is 18.2 Å². The number of benzene rings is 1. The fourth-order valence-electron chi connectivity index (χ4n) is 4.11. The highest BCUT2D eigenvalue weighted by atomic mass is 16.3. The van der Waals surface area contributed by atoms with Crippen LogP contribution in [0.25, 0.3) is 10.9 Å². The Balaban J connectivity index is 1.32. The Labute approximate surface area is 163 Å². The first kappa shape index (κ1) is 17.3. The third kappa shape index (κ3) is 2.86. The summed E-state index contributed by atoms with van der Waals surface area (Å²) in [5.74, 6) is 0.502. The molecule has 3 aromatic rings. The predicted octanol–water partition coefficient (Wildman–Crippen LogP) is 2.58. The molecule has 0 saturated heterocycles. The Bertz CT molecular complexity index is 1020. The van der Waals surface area contributed by atoms with Gasteiger partial charge in [-0.15, -0.1) is 0 Å². The van der Waals surface area contributed by atoms with Crippen LogP contribution < -0.4 is 4.90 Å². The van der Waals surface area contributed by atoms with Gasteiger partial charge in [-0.2, -0.15) is 5.10 Å². The van der Waals surface area contributed by atoms with Crippen molar-refractivity contribution in [2.45, 2.75) is 38.6 Å². The third-order valence-electron chi connectivity index (χ3n) is 5.94. The smallest absolute Gasteiger partial charge is 0.277 e. The molecular weight excluding hydrogens is 354 g/mol. The normalized spacial score (nSPS) is 19.5. The molecule has 1 amide bonds. The summed E-state index contributed by atoms with van der Waals surface area (Å²) in [6, 6.07) is 8.23. The van der Waals surface area contributed by atoms with Crippen LogP contribution in [-0.2, 0) is 13.0 Å². The van der Waals surface area contributed by atoms with Gasteiger partial charge in [-0.25, -0.2) is 0 Å². The number of aromatic amines is 1. The van der Waals surface area contributed by atoms with Crippen molar-refractivity contribution in [3.8, 4) is 0 Å². The molecule has 1 aliphatic carbocycles. The Morgan fingerprint density at radius 1 is 1.29 bits per heavy atom. The lowest BCUT2D eigenvalue weighted by atomic mass is 10.1. The van der Waals surface area contributed by atoms with E-state index in [1.54, 1.807) is 16.0 Å². The van der Waals surface area contributed by atoms with Crippen LogP contribution in [0.3, 0.4) is 0 Å². The second kappa shape index (κ2) is 6.67. The van der Waals surface area contributed by atoms with Crippen molar-refractivity contribution >= 4 is 22.5 Å². The maximum Gasteiger partial charge on any atom is 0.277 e. The van der Waals surface area contributed by atoms with E-state index in [0.29, 0.717) is 23.8 Å². The van der Waals surface area contributed by atoms with Gasteiger partial charge in [0.15, 0.2) is 0 Å². The van der Waals surface area contributed by atoms with Gasteiger partial charge < -0.3 is 15.0 Å². The highest BCUT2D eigenvalue weighted by Crippen LogP contribution is 2.34. The average Bonchev–Trinajstić information content (AvgIpc) is 3.27. The molecule has 7 nitrogen and oxygen atoms in total. The van der Waals surface area contributed by atoms with E-state index in [-0.39, 0.29) is 5.91 Å². The molecule has 5 rings (SSSR count). The van der Waals surface area contributed by atoms with Crippen molar-refractivity contribution in [3.63, 3.8) is 0 Å². The van der Waals surface area contributed by atoms with Gasteiger partial charge in [-0.3, -0.25) is 14.4 Å². The number of aliphatic hydroxyl groups is 1. The quantitative estimate of drug-likeness (QED) is 0.690. The van der Waals surface area contributed by atoms with Crippen molar-refractivity contribution < 1.29 is 9.90 Å². The SMILES string of the molecule is CN1c2cnn(CC3CC3)c2C(=O)N(CCCc2c[nH]c3ccccc23)C1O. The third-order valence-corrected chi connectivity index (χ3v) is 5.94. The molecule has 0 spiro atoms. The van der Waals surface area contributed by atoms with Crippen molar-refractivity contribution in [1.29, 1.82) is 0 Å². The molecule has 28 heavy (non-hydrogen) atoms. The Kier molecular flexibility index (Phi) is 4.12. The summed E-state index contributed by atoms with van der Waals surface area (Å²) in [6.45, 7) is 1.28. The number of para-hydroxylation sites is 1.